The third-order valence-corrected chi connectivity index (χ3v) is 4.53. The largest absolute Gasteiger partial charge is 0.370 e. The second kappa shape index (κ2) is 2.75. The summed E-state index contributed by atoms with van der Waals surface area (Å²) in [6.07, 6.45) is 2.87. The second-order valence-electron chi connectivity index (χ2n) is 5.48. The molecule has 1 spiro atoms. The van der Waals surface area contributed by atoms with Crippen molar-refractivity contribution in [3.63, 3.8) is 0 Å². The van der Waals surface area contributed by atoms with E-state index in [4.69, 9.17) is 4.74 Å². The summed E-state index contributed by atoms with van der Waals surface area (Å²) >= 11 is 0. The first kappa shape index (κ1) is 8.94. The lowest BCUT2D eigenvalue weighted by Crippen LogP contribution is -2.41. The van der Waals surface area contributed by atoms with Gasteiger partial charge in [-0.05, 0) is 30.4 Å². The van der Waals surface area contributed by atoms with Crippen LogP contribution in [0.15, 0.2) is 24.3 Å². The first-order valence-electron chi connectivity index (χ1n) is 6.01. The van der Waals surface area contributed by atoms with E-state index in [9.17, 15) is 4.79 Å². The Morgan fingerprint density at radius 1 is 1.19 bits per heavy atom. The lowest BCUT2D eigenvalue weighted by molar-refractivity contribution is -0.149. The minimum Gasteiger partial charge on any atom is -0.370 e. The smallest absolute Gasteiger partial charge is 0.168 e. The Balaban J connectivity index is 1.74. The lowest BCUT2D eigenvalue weighted by atomic mass is 9.81. The summed E-state index contributed by atoms with van der Waals surface area (Å²) in [5, 5.41) is 0. The van der Waals surface area contributed by atoms with Crippen molar-refractivity contribution in [1.29, 1.82) is 0 Å². The van der Waals surface area contributed by atoms with Gasteiger partial charge in [-0.15, -0.1) is 0 Å². The monoisotopic (exact) mass is 214 g/mol. The van der Waals surface area contributed by atoms with Crippen molar-refractivity contribution in [3.05, 3.63) is 35.4 Å². The van der Waals surface area contributed by atoms with Crippen LogP contribution in [0.25, 0.3) is 0 Å². The van der Waals surface area contributed by atoms with Crippen molar-refractivity contribution >= 4 is 5.78 Å². The van der Waals surface area contributed by atoms with E-state index in [0.717, 1.165) is 25.9 Å². The summed E-state index contributed by atoms with van der Waals surface area (Å²) in [5.74, 6) is 0.891. The average Bonchev–Trinajstić information content (AvgIpc) is 2.70. The van der Waals surface area contributed by atoms with Crippen LogP contribution >= 0.6 is 0 Å². The Labute approximate surface area is 94.6 Å². The molecule has 1 unspecified atom stereocenters. The van der Waals surface area contributed by atoms with E-state index < -0.39 is 0 Å². The zero-order chi connectivity index (χ0) is 10.8. The number of ether oxygens (including phenoxy) is 1. The van der Waals surface area contributed by atoms with Gasteiger partial charge in [0.2, 0.25) is 0 Å². The van der Waals surface area contributed by atoms with Gasteiger partial charge in [0.1, 0.15) is 6.10 Å². The SMILES string of the molecule is O=C1[C@@H]2OCC2CC12Cc1ccccc1C2. The first-order valence-corrected chi connectivity index (χ1v) is 6.01. The fourth-order valence-corrected chi connectivity index (χ4v) is 3.70. The molecule has 2 nitrogen and oxygen atoms in total. The Bertz CT molecular complexity index is 452. The molecular formula is C14H14O2. The Hall–Kier alpha value is -1.15. The van der Waals surface area contributed by atoms with E-state index in [0.29, 0.717) is 11.7 Å². The van der Waals surface area contributed by atoms with Crippen LogP contribution in [0.3, 0.4) is 0 Å². The molecule has 2 aliphatic carbocycles. The third kappa shape index (κ3) is 0.938. The zero-order valence-corrected chi connectivity index (χ0v) is 9.11. The van der Waals surface area contributed by atoms with Crippen molar-refractivity contribution in [3.8, 4) is 0 Å². The van der Waals surface area contributed by atoms with Crippen LogP contribution in [-0.2, 0) is 22.4 Å². The van der Waals surface area contributed by atoms with Gasteiger partial charge >= 0.3 is 0 Å². The maximum Gasteiger partial charge on any atom is 0.168 e. The van der Waals surface area contributed by atoms with Crippen LogP contribution in [0.2, 0.25) is 0 Å². The van der Waals surface area contributed by atoms with Crippen LogP contribution in [0.1, 0.15) is 17.5 Å². The highest BCUT2D eigenvalue weighted by Crippen LogP contribution is 2.52. The summed E-state index contributed by atoms with van der Waals surface area (Å²) < 4.78 is 5.40. The van der Waals surface area contributed by atoms with Gasteiger partial charge in [-0.1, -0.05) is 24.3 Å². The molecule has 0 aromatic heterocycles. The maximum atomic E-state index is 12.3. The van der Waals surface area contributed by atoms with E-state index in [1.165, 1.54) is 11.1 Å². The number of fused-ring (bicyclic) bond motifs is 2. The highest BCUT2D eigenvalue weighted by molar-refractivity contribution is 5.93. The van der Waals surface area contributed by atoms with Crippen LogP contribution in [0.4, 0.5) is 0 Å². The predicted octanol–water partition coefficient (Wildman–Crippen LogP) is 1.76. The molecule has 0 N–H and O–H groups in total. The summed E-state index contributed by atoms with van der Waals surface area (Å²) in [6, 6.07) is 8.47. The predicted molar refractivity (Wildman–Crippen MR) is 59.1 cm³/mol. The van der Waals surface area contributed by atoms with Crippen LogP contribution < -0.4 is 0 Å². The minimum atomic E-state index is -0.102. The molecule has 4 rings (SSSR count). The number of benzene rings is 1. The highest BCUT2D eigenvalue weighted by atomic mass is 16.5. The molecule has 3 aliphatic rings. The molecule has 2 atom stereocenters. The molecule has 1 aromatic rings. The number of carbonyl (C=O) groups excluding carboxylic acids is 1. The van der Waals surface area contributed by atoms with Gasteiger partial charge in [0.15, 0.2) is 5.78 Å². The molecule has 1 saturated carbocycles. The summed E-state index contributed by atoms with van der Waals surface area (Å²) in [7, 11) is 0. The average molecular weight is 214 g/mol. The molecule has 1 saturated heterocycles. The number of hydrogen-bond acceptors (Lipinski definition) is 2. The molecule has 0 amide bonds. The fraction of sp³-hybridized carbons (Fsp3) is 0.500. The van der Waals surface area contributed by atoms with Gasteiger partial charge < -0.3 is 4.74 Å². The van der Waals surface area contributed by atoms with Crippen molar-refractivity contribution in [2.24, 2.45) is 11.3 Å². The standard InChI is InChI=1S/C14H14O2/c15-13-12-11(8-16-12)7-14(13)5-9-3-1-2-4-10(9)6-14/h1-4,11-12H,5-8H2/t11?,12-/m1/s1. The van der Waals surface area contributed by atoms with Gasteiger partial charge in [-0.2, -0.15) is 0 Å². The molecule has 1 heterocycles. The topological polar surface area (TPSA) is 26.3 Å². The maximum absolute atomic E-state index is 12.3. The quantitative estimate of drug-likeness (QED) is 0.657. The van der Waals surface area contributed by atoms with E-state index in [2.05, 4.69) is 24.3 Å². The molecular weight excluding hydrogens is 200 g/mol. The van der Waals surface area contributed by atoms with Crippen molar-refractivity contribution in [2.45, 2.75) is 25.4 Å². The fourth-order valence-electron chi connectivity index (χ4n) is 3.70. The third-order valence-electron chi connectivity index (χ3n) is 4.53. The lowest BCUT2D eigenvalue weighted by Gasteiger charge is -2.28. The van der Waals surface area contributed by atoms with Crippen molar-refractivity contribution in [1.82, 2.24) is 0 Å². The minimum absolute atomic E-state index is 0.0608. The number of carbonyl (C=O) groups is 1. The van der Waals surface area contributed by atoms with Crippen LogP contribution in [0, 0.1) is 11.3 Å². The summed E-state index contributed by atoms with van der Waals surface area (Å²) in [4.78, 5) is 12.3. The Kier molecular flexibility index (Phi) is 1.54. The van der Waals surface area contributed by atoms with Gasteiger partial charge in [-0.25, -0.2) is 0 Å². The molecule has 1 aromatic carbocycles. The zero-order valence-electron chi connectivity index (χ0n) is 9.11. The molecule has 0 radical (unpaired) electrons. The highest BCUT2D eigenvalue weighted by Gasteiger charge is 2.59. The summed E-state index contributed by atoms with van der Waals surface area (Å²) in [6.45, 7) is 0.800. The van der Waals surface area contributed by atoms with Gasteiger partial charge in [0, 0.05) is 11.3 Å². The molecule has 0 bridgehead atoms. The van der Waals surface area contributed by atoms with Gasteiger partial charge in [-0.3, -0.25) is 4.79 Å². The van der Waals surface area contributed by atoms with Crippen LogP contribution in [-0.4, -0.2) is 18.5 Å². The van der Waals surface area contributed by atoms with Gasteiger partial charge in [0.25, 0.3) is 0 Å². The van der Waals surface area contributed by atoms with E-state index in [-0.39, 0.29) is 11.5 Å². The molecule has 82 valence electrons. The summed E-state index contributed by atoms with van der Waals surface area (Å²) in [5.41, 5.74) is 2.64. The number of rotatable bonds is 0. The van der Waals surface area contributed by atoms with E-state index in [1.807, 2.05) is 0 Å². The van der Waals surface area contributed by atoms with E-state index in [1.54, 1.807) is 0 Å². The van der Waals surface area contributed by atoms with Crippen molar-refractivity contribution < 1.29 is 9.53 Å². The molecule has 1 aliphatic heterocycles. The van der Waals surface area contributed by atoms with Crippen molar-refractivity contribution in [2.75, 3.05) is 6.61 Å². The normalized spacial score (nSPS) is 33.6. The molecule has 2 fully saturated rings. The number of Topliss-reactive ketones (excluding diaryl/α,β-unsaturated/α-hetero) is 1. The second-order valence-corrected chi connectivity index (χ2v) is 5.48. The number of hydrogen-bond donors (Lipinski definition) is 0. The first-order chi connectivity index (χ1) is 7.78. The van der Waals surface area contributed by atoms with E-state index >= 15 is 0 Å². The molecule has 2 heteroatoms. The van der Waals surface area contributed by atoms with Gasteiger partial charge in [0.05, 0.1) is 6.61 Å². The Morgan fingerprint density at radius 3 is 2.31 bits per heavy atom. The molecule has 16 heavy (non-hydrogen) atoms. The number of ketones is 1. The van der Waals surface area contributed by atoms with Crippen LogP contribution in [0.5, 0.6) is 0 Å². The Morgan fingerprint density at radius 2 is 1.88 bits per heavy atom.